The van der Waals surface area contributed by atoms with Crippen LogP contribution in [0, 0.1) is 5.92 Å². The van der Waals surface area contributed by atoms with Gasteiger partial charge in [0, 0.05) is 6.54 Å². The van der Waals surface area contributed by atoms with Crippen molar-refractivity contribution in [2.24, 2.45) is 5.92 Å². The molecule has 0 unspecified atom stereocenters. The first kappa shape index (κ1) is 16.7. The maximum Gasteiger partial charge on any atom is 0.250 e. The molecule has 8 heteroatoms. The fourth-order valence-corrected chi connectivity index (χ4v) is 5.77. The second-order valence-electron chi connectivity index (χ2n) is 5.12. The third-order valence-electron chi connectivity index (χ3n) is 3.57. The molecule has 1 N–H and O–H groups in total. The van der Waals surface area contributed by atoms with Crippen molar-refractivity contribution in [1.82, 2.24) is 9.62 Å². The van der Waals surface area contributed by atoms with Crippen LogP contribution in [0.3, 0.4) is 0 Å². The number of nitrogens with one attached hydrogen (secondary N) is 1. The second kappa shape index (κ2) is 7.07. The van der Waals surface area contributed by atoms with Crippen LogP contribution >= 0.6 is 38.9 Å². The molecule has 0 bridgehead atoms. The Hall–Kier alpha value is 0.340. The lowest BCUT2D eigenvalue weighted by Gasteiger charge is -2.28. The first-order valence-electron chi connectivity index (χ1n) is 6.51. The van der Waals surface area contributed by atoms with Gasteiger partial charge in [0.1, 0.15) is 4.21 Å². The molecule has 0 aromatic carbocycles. The van der Waals surface area contributed by atoms with Crippen molar-refractivity contribution in [3.05, 3.63) is 14.9 Å². The summed E-state index contributed by atoms with van der Waals surface area (Å²) in [6.45, 7) is 2.69. The summed E-state index contributed by atoms with van der Waals surface area (Å²) < 4.78 is 27.8. The number of rotatable bonds is 5. The Labute approximate surface area is 137 Å². The number of sulfonamides is 1. The zero-order valence-corrected chi connectivity index (χ0v) is 15.2. The second-order valence-corrected chi connectivity index (χ2v) is 9.89. The first-order valence-corrected chi connectivity index (χ1v) is 9.98. The smallest absolute Gasteiger partial charge is 0.250 e. The highest BCUT2D eigenvalue weighted by molar-refractivity contribution is 9.11. The summed E-state index contributed by atoms with van der Waals surface area (Å²) in [4.78, 5) is 2.31. The van der Waals surface area contributed by atoms with Gasteiger partial charge in [0.25, 0.3) is 0 Å². The predicted octanol–water partition coefficient (Wildman–Crippen LogP) is 3.17. The van der Waals surface area contributed by atoms with Gasteiger partial charge in [0.2, 0.25) is 10.0 Å². The molecule has 1 aliphatic heterocycles. The van der Waals surface area contributed by atoms with Crippen LogP contribution in [-0.2, 0) is 10.0 Å². The van der Waals surface area contributed by atoms with E-state index in [1.807, 2.05) is 0 Å². The van der Waals surface area contributed by atoms with Gasteiger partial charge < -0.3 is 4.90 Å². The number of hydrogen-bond donors (Lipinski definition) is 1. The number of likely N-dealkylation sites (tertiary alicyclic amines) is 1. The Morgan fingerprint density at radius 1 is 1.50 bits per heavy atom. The Morgan fingerprint density at radius 3 is 2.70 bits per heavy atom. The van der Waals surface area contributed by atoms with E-state index >= 15 is 0 Å². The first-order chi connectivity index (χ1) is 9.38. The van der Waals surface area contributed by atoms with E-state index in [0.29, 0.717) is 21.3 Å². The van der Waals surface area contributed by atoms with E-state index in [4.69, 9.17) is 11.6 Å². The van der Waals surface area contributed by atoms with Gasteiger partial charge in [-0.3, -0.25) is 0 Å². The molecular weight excluding hydrogens is 384 g/mol. The lowest BCUT2D eigenvalue weighted by molar-refractivity contribution is 0.213. The minimum absolute atomic E-state index is 0.262. The van der Waals surface area contributed by atoms with Gasteiger partial charge in [0.05, 0.1) is 8.81 Å². The molecule has 0 spiro atoms. The van der Waals surface area contributed by atoms with E-state index in [0.717, 1.165) is 43.7 Å². The fraction of sp³-hybridized carbons (Fsp3) is 0.667. The summed E-state index contributed by atoms with van der Waals surface area (Å²) in [7, 11) is -1.31. The topological polar surface area (TPSA) is 49.4 Å². The fourth-order valence-electron chi connectivity index (χ4n) is 2.28. The van der Waals surface area contributed by atoms with Gasteiger partial charge in [-0.2, -0.15) is 0 Å². The highest BCUT2D eigenvalue weighted by atomic mass is 79.9. The van der Waals surface area contributed by atoms with Crippen LogP contribution in [0.15, 0.2) is 14.1 Å². The average Bonchev–Trinajstić information content (AvgIpc) is 2.73. The third-order valence-corrected chi connectivity index (χ3v) is 7.98. The minimum Gasteiger partial charge on any atom is -0.306 e. The number of thiophene rings is 1. The maximum atomic E-state index is 12.1. The van der Waals surface area contributed by atoms with Crippen molar-refractivity contribution in [2.45, 2.75) is 23.5 Å². The van der Waals surface area contributed by atoms with Crippen molar-refractivity contribution >= 4 is 48.9 Å². The van der Waals surface area contributed by atoms with Gasteiger partial charge in [-0.05, 0) is 67.3 Å². The van der Waals surface area contributed by atoms with Gasteiger partial charge in [-0.25, -0.2) is 13.1 Å². The SMILES string of the molecule is CN1CCC(CCNS(=O)(=O)c2cc(Cl)c(Br)s2)CC1. The summed E-state index contributed by atoms with van der Waals surface area (Å²) in [5.41, 5.74) is 0. The van der Waals surface area contributed by atoms with E-state index in [1.54, 1.807) is 0 Å². The van der Waals surface area contributed by atoms with E-state index < -0.39 is 10.0 Å². The Bertz CT molecular complexity index is 534. The minimum atomic E-state index is -3.43. The zero-order valence-electron chi connectivity index (χ0n) is 11.2. The van der Waals surface area contributed by atoms with Crippen molar-refractivity contribution in [1.29, 1.82) is 0 Å². The Balaban J connectivity index is 1.84. The predicted molar refractivity (Wildman–Crippen MR) is 87.1 cm³/mol. The quantitative estimate of drug-likeness (QED) is 0.824. The molecule has 1 fully saturated rings. The molecule has 20 heavy (non-hydrogen) atoms. The summed E-state index contributed by atoms with van der Waals surface area (Å²) >= 11 is 10.2. The molecule has 0 radical (unpaired) electrons. The molecule has 2 heterocycles. The molecule has 0 amide bonds. The van der Waals surface area contributed by atoms with E-state index in [9.17, 15) is 8.42 Å². The highest BCUT2D eigenvalue weighted by Crippen LogP contribution is 2.34. The monoisotopic (exact) mass is 400 g/mol. The van der Waals surface area contributed by atoms with Crippen LogP contribution in [0.5, 0.6) is 0 Å². The number of nitrogens with zero attached hydrogens (tertiary/aromatic N) is 1. The van der Waals surface area contributed by atoms with Gasteiger partial charge in [-0.1, -0.05) is 11.6 Å². The number of piperidine rings is 1. The molecule has 1 saturated heterocycles. The van der Waals surface area contributed by atoms with E-state index in [2.05, 4.69) is 32.6 Å². The summed E-state index contributed by atoms with van der Waals surface area (Å²) in [6, 6.07) is 1.48. The van der Waals surface area contributed by atoms with Crippen LogP contribution in [-0.4, -0.2) is 40.0 Å². The molecule has 0 saturated carbocycles. The molecule has 2 rings (SSSR count). The normalized spacial score (nSPS) is 18.6. The third kappa shape index (κ3) is 4.42. The molecule has 1 aromatic heterocycles. The van der Waals surface area contributed by atoms with Crippen LogP contribution in [0.4, 0.5) is 0 Å². The molecule has 1 aromatic rings. The van der Waals surface area contributed by atoms with Crippen molar-refractivity contribution in [3.63, 3.8) is 0 Å². The Morgan fingerprint density at radius 2 is 2.15 bits per heavy atom. The van der Waals surface area contributed by atoms with Crippen molar-refractivity contribution < 1.29 is 8.42 Å². The number of hydrogen-bond acceptors (Lipinski definition) is 4. The number of halogens is 2. The largest absolute Gasteiger partial charge is 0.306 e. The molecule has 1 aliphatic rings. The molecule has 0 atom stereocenters. The van der Waals surface area contributed by atoms with Crippen LogP contribution in [0.2, 0.25) is 5.02 Å². The zero-order chi connectivity index (χ0) is 14.8. The standard InChI is InChI=1S/C12H18BrClN2O2S2/c1-16-6-3-9(4-7-16)2-5-15-20(17,18)11-8-10(14)12(13)19-11/h8-9,15H,2-7H2,1H3. The lowest BCUT2D eigenvalue weighted by atomic mass is 9.94. The van der Waals surface area contributed by atoms with Crippen molar-refractivity contribution in [3.8, 4) is 0 Å². The van der Waals surface area contributed by atoms with Gasteiger partial charge >= 0.3 is 0 Å². The Kier molecular flexibility index (Phi) is 5.90. The summed E-state index contributed by atoms with van der Waals surface area (Å²) in [6.07, 6.45) is 3.19. The molecule has 4 nitrogen and oxygen atoms in total. The van der Waals surface area contributed by atoms with Crippen LogP contribution in [0.1, 0.15) is 19.3 Å². The van der Waals surface area contributed by atoms with Crippen LogP contribution in [0.25, 0.3) is 0 Å². The molecular formula is C12H18BrClN2O2S2. The maximum absolute atomic E-state index is 12.1. The summed E-state index contributed by atoms with van der Waals surface area (Å²) in [5, 5.41) is 0.436. The highest BCUT2D eigenvalue weighted by Gasteiger charge is 2.20. The van der Waals surface area contributed by atoms with Gasteiger partial charge in [0.15, 0.2) is 0 Å². The van der Waals surface area contributed by atoms with E-state index in [1.165, 1.54) is 6.07 Å². The van der Waals surface area contributed by atoms with Crippen molar-refractivity contribution in [2.75, 3.05) is 26.7 Å². The summed E-state index contributed by atoms with van der Waals surface area (Å²) in [5.74, 6) is 0.618. The average molecular weight is 402 g/mol. The molecule has 0 aliphatic carbocycles. The lowest BCUT2D eigenvalue weighted by Crippen LogP contribution is -2.32. The molecule has 114 valence electrons. The van der Waals surface area contributed by atoms with Crippen LogP contribution < -0.4 is 4.72 Å². The van der Waals surface area contributed by atoms with E-state index in [-0.39, 0.29) is 4.21 Å². The van der Waals surface area contributed by atoms with Gasteiger partial charge in [-0.15, -0.1) is 11.3 Å².